The molecule has 0 bridgehead atoms. The van der Waals surface area contributed by atoms with Gasteiger partial charge < -0.3 is 20.3 Å². The van der Waals surface area contributed by atoms with E-state index >= 15 is 0 Å². The third kappa shape index (κ3) is 6.38. The van der Waals surface area contributed by atoms with Crippen molar-refractivity contribution in [2.24, 2.45) is 10.4 Å². The fourth-order valence-corrected chi connectivity index (χ4v) is 3.89. The number of nitrogens with zero attached hydrogens (tertiary/aromatic N) is 3. The van der Waals surface area contributed by atoms with Crippen molar-refractivity contribution in [3.63, 3.8) is 0 Å². The molecule has 2 rings (SSSR count). The number of methoxy groups -OCH3 is 1. The van der Waals surface area contributed by atoms with E-state index in [9.17, 15) is 0 Å². The normalized spacial score (nSPS) is 16.4. The molecule has 1 aromatic heterocycles. The van der Waals surface area contributed by atoms with Gasteiger partial charge in [0, 0.05) is 53.1 Å². The van der Waals surface area contributed by atoms with Crippen molar-refractivity contribution in [2.45, 2.75) is 52.5 Å². The molecule has 1 heterocycles. The Morgan fingerprint density at radius 3 is 2.52 bits per heavy atom. The number of anilines is 1. The highest BCUT2D eigenvalue weighted by molar-refractivity contribution is 5.79. The fourth-order valence-electron chi connectivity index (χ4n) is 3.89. The molecule has 0 radical (unpaired) electrons. The lowest BCUT2D eigenvalue weighted by atomic mass is 9.83. The Kier molecular flexibility index (Phi) is 8.85. The SMILES string of the molecule is CCN(CC)c1ccc(CNC(=NC)NCC2(CCOC)CCCC2)cn1. The summed E-state index contributed by atoms with van der Waals surface area (Å²) < 4.78 is 5.33. The summed E-state index contributed by atoms with van der Waals surface area (Å²) >= 11 is 0. The first kappa shape index (κ1) is 21.5. The van der Waals surface area contributed by atoms with E-state index in [2.05, 4.69) is 51.5 Å². The Balaban J connectivity index is 1.84. The van der Waals surface area contributed by atoms with Crippen LogP contribution in [0, 0.1) is 5.41 Å². The summed E-state index contributed by atoms with van der Waals surface area (Å²) in [7, 11) is 3.61. The number of guanidine groups is 1. The zero-order valence-electron chi connectivity index (χ0n) is 17.6. The Morgan fingerprint density at radius 2 is 1.96 bits per heavy atom. The van der Waals surface area contributed by atoms with Crippen LogP contribution in [0.2, 0.25) is 0 Å². The molecule has 1 aliphatic rings. The summed E-state index contributed by atoms with van der Waals surface area (Å²) in [6.07, 6.45) is 8.26. The zero-order valence-corrected chi connectivity index (χ0v) is 17.6. The average Bonchev–Trinajstić information content (AvgIpc) is 3.17. The summed E-state index contributed by atoms with van der Waals surface area (Å²) in [5, 5.41) is 6.95. The largest absolute Gasteiger partial charge is 0.385 e. The Hall–Kier alpha value is -1.82. The molecule has 1 fully saturated rings. The van der Waals surface area contributed by atoms with Gasteiger partial charge in [-0.2, -0.15) is 0 Å². The first-order chi connectivity index (χ1) is 13.2. The molecule has 6 heteroatoms. The van der Waals surface area contributed by atoms with Gasteiger partial charge in [0.1, 0.15) is 5.82 Å². The van der Waals surface area contributed by atoms with Crippen LogP contribution in [0.4, 0.5) is 5.82 Å². The molecule has 152 valence electrons. The van der Waals surface area contributed by atoms with Crippen LogP contribution < -0.4 is 15.5 Å². The van der Waals surface area contributed by atoms with Gasteiger partial charge in [0.25, 0.3) is 0 Å². The van der Waals surface area contributed by atoms with Crippen molar-refractivity contribution in [1.82, 2.24) is 15.6 Å². The quantitative estimate of drug-likeness (QED) is 0.486. The van der Waals surface area contributed by atoms with E-state index in [0.29, 0.717) is 5.41 Å². The summed E-state index contributed by atoms with van der Waals surface area (Å²) in [4.78, 5) is 11.2. The number of ether oxygens (including phenoxy) is 1. The average molecular weight is 376 g/mol. The van der Waals surface area contributed by atoms with E-state index in [-0.39, 0.29) is 0 Å². The fraction of sp³-hybridized carbons (Fsp3) is 0.714. The molecule has 1 aromatic rings. The van der Waals surface area contributed by atoms with Crippen LogP contribution in [-0.4, -0.2) is 51.3 Å². The van der Waals surface area contributed by atoms with Gasteiger partial charge in [-0.15, -0.1) is 0 Å². The van der Waals surface area contributed by atoms with Gasteiger partial charge in [-0.3, -0.25) is 4.99 Å². The molecule has 1 saturated carbocycles. The number of nitrogens with one attached hydrogen (secondary N) is 2. The van der Waals surface area contributed by atoms with Crippen LogP contribution in [0.3, 0.4) is 0 Å². The van der Waals surface area contributed by atoms with Crippen LogP contribution in [0.15, 0.2) is 23.3 Å². The molecule has 0 atom stereocenters. The highest BCUT2D eigenvalue weighted by Gasteiger charge is 2.33. The van der Waals surface area contributed by atoms with Crippen molar-refractivity contribution < 1.29 is 4.74 Å². The molecule has 0 aromatic carbocycles. The van der Waals surface area contributed by atoms with Gasteiger partial charge in [0.2, 0.25) is 0 Å². The molecule has 0 amide bonds. The van der Waals surface area contributed by atoms with Crippen molar-refractivity contribution >= 4 is 11.8 Å². The van der Waals surface area contributed by atoms with E-state index < -0.39 is 0 Å². The monoisotopic (exact) mass is 375 g/mol. The minimum atomic E-state index is 0.348. The standard InChI is InChI=1S/C21H37N5O/c1-5-26(6-2)19-10-9-18(15-23-19)16-24-20(22-3)25-17-21(13-14-27-4)11-7-8-12-21/h9-10,15H,5-8,11-14,16-17H2,1-4H3,(H2,22,24,25). The number of rotatable bonds is 10. The second-order valence-corrected chi connectivity index (χ2v) is 7.43. The molecule has 0 spiro atoms. The zero-order chi connectivity index (χ0) is 19.5. The van der Waals surface area contributed by atoms with Crippen molar-refractivity contribution in [3.05, 3.63) is 23.9 Å². The van der Waals surface area contributed by atoms with Crippen LogP contribution in [0.5, 0.6) is 0 Å². The van der Waals surface area contributed by atoms with Crippen molar-refractivity contribution in [2.75, 3.05) is 45.3 Å². The van der Waals surface area contributed by atoms with Gasteiger partial charge in [-0.05, 0) is 50.2 Å². The molecule has 2 N–H and O–H groups in total. The first-order valence-electron chi connectivity index (χ1n) is 10.3. The predicted molar refractivity (Wildman–Crippen MR) is 113 cm³/mol. The number of aromatic nitrogens is 1. The van der Waals surface area contributed by atoms with Gasteiger partial charge in [-0.25, -0.2) is 4.98 Å². The van der Waals surface area contributed by atoms with Gasteiger partial charge in [0.05, 0.1) is 0 Å². The Morgan fingerprint density at radius 1 is 1.22 bits per heavy atom. The Bertz CT molecular complexity index is 562. The maximum absolute atomic E-state index is 5.33. The summed E-state index contributed by atoms with van der Waals surface area (Å²) in [5.41, 5.74) is 1.50. The van der Waals surface area contributed by atoms with Crippen LogP contribution in [0.1, 0.15) is 51.5 Å². The summed E-state index contributed by atoms with van der Waals surface area (Å²) in [6, 6.07) is 4.23. The molecule has 0 unspecified atom stereocenters. The smallest absolute Gasteiger partial charge is 0.191 e. The molecular weight excluding hydrogens is 338 g/mol. The lowest BCUT2D eigenvalue weighted by Crippen LogP contribution is -2.43. The number of hydrogen-bond donors (Lipinski definition) is 2. The molecular formula is C21H37N5O. The van der Waals surface area contributed by atoms with E-state index in [0.717, 1.165) is 56.5 Å². The van der Waals surface area contributed by atoms with Crippen molar-refractivity contribution in [1.29, 1.82) is 0 Å². The molecule has 6 nitrogen and oxygen atoms in total. The topological polar surface area (TPSA) is 61.8 Å². The molecule has 27 heavy (non-hydrogen) atoms. The minimum Gasteiger partial charge on any atom is -0.385 e. The van der Waals surface area contributed by atoms with E-state index in [1.165, 1.54) is 25.7 Å². The predicted octanol–water partition coefficient (Wildman–Crippen LogP) is 3.19. The molecule has 0 saturated heterocycles. The summed E-state index contributed by atoms with van der Waals surface area (Å²) in [6.45, 7) is 8.76. The van der Waals surface area contributed by atoms with Crippen molar-refractivity contribution in [3.8, 4) is 0 Å². The van der Waals surface area contributed by atoms with Gasteiger partial charge in [0.15, 0.2) is 5.96 Å². The third-order valence-electron chi connectivity index (χ3n) is 5.71. The van der Waals surface area contributed by atoms with Crippen LogP contribution in [-0.2, 0) is 11.3 Å². The maximum Gasteiger partial charge on any atom is 0.191 e. The second-order valence-electron chi connectivity index (χ2n) is 7.43. The van der Waals surface area contributed by atoms with Crippen LogP contribution in [0.25, 0.3) is 0 Å². The highest BCUT2D eigenvalue weighted by Crippen LogP contribution is 2.40. The lowest BCUT2D eigenvalue weighted by molar-refractivity contribution is 0.138. The number of pyridine rings is 1. The lowest BCUT2D eigenvalue weighted by Gasteiger charge is -2.30. The molecule has 0 aliphatic heterocycles. The van der Waals surface area contributed by atoms with Crippen LogP contribution >= 0.6 is 0 Å². The van der Waals surface area contributed by atoms with Gasteiger partial charge >= 0.3 is 0 Å². The number of hydrogen-bond acceptors (Lipinski definition) is 4. The highest BCUT2D eigenvalue weighted by atomic mass is 16.5. The minimum absolute atomic E-state index is 0.348. The first-order valence-corrected chi connectivity index (χ1v) is 10.3. The second kappa shape index (κ2) is 11.1. The molecule has 1 aliphatic carbocycles. The summed E-state index contributed by atoms with van der Waals surface area (Å²) in [5.74, 6) is 1.89. The maximum atomic E-state index is 5.33. The Labute approximate surface area is 164 Å². The third-order valence-corrected chi connectivity index (χ3v) is 5.71. The van der Waals surface area contributed by atoms with Gasteiger partial charge in [-0.1, -0.05) is 18.9 Å². The van der Waals surface area contributed by atoms with E-state index in [1.54, 1.807) is 7.11 Å². The van der Waals surface area contributed by atoms with E-state index in [1.807, 2.05) is 13.2 Å². The number of aliphatic imine (C=N–C) groups is 1. The van der Waals surface area contributed by atoms with E-state index in [4.69, 9.17) is 4.74 Å².